The van der Waals surface area contributed by atoms with Crippen LogP contribution in [0.15, 0.2) is 48.5 Å². The van der Waals surface area contributed by atoms with Crippen LogP contribution in [0, 0.1) is 6.92 Å². The van der Waals surface area contributed by atoms with E-state index in [4.69, 9.17) is 5.73 Å². The number of hydrogen-bond donors (Lipinski definition) is 2. The lowest BCUT2D eigenvalue weighted by Gasteiger charge is -2.06. The first kappa shape index (κ1) is 11.7. The van der Waals surface area contributed by atoms with E-state index in [1.807, 2.05) is 18.2 Å². The summed E-state index contributed by atoms with van der Waals surface area (Å²) >= 11 is 0. The van der Waals surface area contributed by atoms with Crippen molar-refractivity contribution in [3.8, 4) is 0 Å². The Bertz CT molecular complexity index is 475. The quantitative estimate of drug-likeness (QED) is 0.787. The van der Waals surface area contributed by atoms with Gasteiger partial charge in [-0.25, -0.2) is 0 Å². The van der Waals surface area contributed by atoms with Crippen molar-refractivity contribution in [3.05, 3.63) is 65.2 Å². The highest BCUT2D eigenvalue weighted by molar-refractivity contribution is 5.40. The molecule has 2 aromatic carbocycles. The average Bonchev–Trinajstić information content (AvgIpc) is 2.32. The van der Waals surface area contributed by atoms with Crippen LogP contribution in [0.2, 0.25) is 0 Å². The molecule has 2 aromatic rings. The van der Waals surface area contributed by atoms with Crippen molar-refractivity contribution in [2.24, 2.45) is 0 Å². The van der Waals surface area contributed by atoms with E-state index in [0.717, 1.165) is 18.8 Å². The number of benzene rings is 2. The number of rotatable bonds is 4. The Balaban J connectivity index is 1.85. The van der Waals surface area contributed by atoms with Gasteiger partial charge in [0, 0.05) is 18.8 Å². The van der Waals surface area contributed by atoms with Crippen LogP contribution in [0.5, 0.6) is 0 Å². The summed E-state index contributed by atoms with van der Waals surface area (Å²) in [6, 6.07) is 16.6. The van der Waals surface area contributed by atoms with E-state index in [1.54, 1.807) is 0 Å². The van der Waals surface area contributed by atoms with E-state index in [0.29, 0.717) is 0 Å². The Hall–Kier alpha value is -1.80. The van der Waals surface area contributed by atoms with Gasteiger partial charge in [0.1, 0.15) is 0 Å². The zero-order chi connectivity index (χ0) is 12.1. The van der Waals surface area contributed by atoms with E-state index in [2.05, 4.69) is 42.6 Å². The number of nitrogens with two attached hydrogens (primary N) is 1. The van der Waals surface area contributed by atoms with Crippen LogP contribution in [-0.4, -0.2) is 0 Å². The minimum absolute atomic E-state index is 0.819. The fourth-order valence-electron chi connectivity index (χ4n) is 1.76. The van der Waals surface area contributed by atoms with Gasteiger partial charge in [0.15, 0.2) is 0 Å². The highest BCUT2D eigenvalue weighted by Crippen LogP contribution is 2.07. The Morgan fingerprint density at radius 3 is 2.35 bits per heavy atom. The molecule has 0 aromatic heterocycles. The van der Waals surface area contributed by atoms with Gasteiger partial charge in [-0.05, 0) is 30.2 Å². The number of nitrogen functional groups attached to an aromatic ring is 1. The van der Waals surface area contributed by atoms with Gasteiger partial charge in [0.05, 0.1) is 0 Å². The maximum Gasteiger partial charge on any atom is 0.0317 e. The minimum Gasteiger partial charge on any atom is -0.399 e. The van der Waals surface area contributed by atoms with Crippen LogP contribution in [0.25, 0.3) is 0 Å². The number of anilines is 1. The van der Waals surface area contributed by atoms with Crippen molar-refractivity contribution >= 4 is 5.69 Å². The molecule has 0 aliphatic rings. The van der Waals surface area contributed by atoms with Crippen LogP contribution < -0.4 is 11.1 Å². The molecular weight excluding hydrogens is 208 g/mol. The summed E-state index contributed by atoms with van der Waals surface area (Å²) in [5.41, 5.74) is 10.4. The van der Waals surface area contributed by atoms with Crippen molar-refractivity contribution in [2.45, 2.75) is 20.0 Å². The lowest BCUT2D eigenvalue weighted by Crippen LogP contribution is -2.12. The third-order valence-electron chi connectivity index (χ3n) is 2.73. The predicted octanol–water partition coefficient (Wildman–Crippen LogP) is 2.87. The van der Waals surface area contributed by atoms with Crippen LogP contribution >= 0.6 is 0 Å². The van der Waals surface area contributed by atoms with E-state index in [-0.39, 0.29) is 0 Å². The summed E-state index contributed by atoms with van der Waals surface area (Å²) in [6.07, 6.45) is 0. The van der Waals surface area contributed by atoms with Gasteiger partial charge in [0.25, 0.3) is 0 Å². The molecule has 0 heterocycles. The summed E-state index contributed by atoms with van der Waals surface area (Å²) in [7, 11) is 0. The Labute approximate surface area is 102 Å². The molecule has 0 radical (unpaired) electrons. The summed E-state index contributed by atoms with van der Waals surface area (Å²) in [5, 5.41) is 3.41. The smallest absolute Gasteiger partial charge is 0.0317 e. The fourth-order valence-corrected chi connectivity index (χ4v) is 1.76. The molecule has 0 saturated heterocycles. The van der Waals surface area contributed by atoms with Crippen LogP contribution in [-0.2, 0) is 13.1 Å². The van der Waals surface area contributed by atoms with Crippen molar-refractivity contribution in [2.75, 3.05) is 5.73 Å². The number of nitrogens with one attached hydrogen (secondary N) is 1. The fraction of sp³-hybridized carbons (Fsp3) is 0.200. The van der Waals surface area contributed by atoms with Crippen molar-refractivity contribution in [1.82, 2.24) is 5.32 Å². The Kier molecular flexibility index (Phi) is 3.78. The van der Waals surface area contributed by atoms with Gasteiger partial charge in [0.2, 0.25) is 0 Å². The van der Waals surface area contributed by atoms with Crippen molar-refractivity contribution < 1.29 is 0 Å². The lowest BCUT2D eigenvalue weighted by molar-refractivity contribution is 0.693. The minimum atomic E-state index is 0.819. The predicted molar refractivity (Wildman–Crippen MR) is 72.6 cm³/mol. The molecule has 2 nitrogen and oxygen atoms in total. The monoisotopic (exact) mass is 226 g/mol. The lowest BCUT2D eigenvalue weighted by atomic mass is 10.1. The molecule has 0 amide bonds. The molecule has 0 unspecified atom stereocenters. The largest absolute Gasteiger partial charge is 0.399 e. The van der Waals surface area contributed by atoms with Gasteiger partial charge < -0.3 is 11.1 Å². The molecule has 0 saturated carbocycles. The second-order valence-corrected chi connectivity index (χ2v) is 4.33. The van der Waals surface area contributed by atoms with E-state index >= 15 is 0 Å². The van der Waals surface area contributed by atoms with Crippen molar-refractivity contribution in [3.63, 3.8) is 0 Å². The van der Waals surface area contributed by atoms with Crippen LogP contribution in [0.3, 0.4) is 0 Å². The average molecular weight is 226 g/mol. The summed E-state index contributed by atoms with van der Waals surface area (Å²) in [5.74, 6) is 0. The second-order valence-electron chi connectivity index (χ2n) is 4.33. The molecule has 2 heteroatoms. The van der Waals surface area contributed by atoms with Crippen molar-refractivity contribution in [1.29, 1.82) is 0 Å². The number of aryl methyl sites for hydroxylation is 1. The molecular formula is C15H18N2. The van der Waals surface area contributed by atoms with Crippen LogP contribution in [0.4, 0.5) is 5.69 Å². The third kappa shape index (κ3) is 3.61. The standard InChI is InChI=1S/C15H18N2/c1-12-5-7-13(8-6-12)10-17-11-14-3-2-4-15(16)9-14/h2-9,17H,10-11,16H2,1H3. The Morgan fingerprint density at radius 2 is 1.65 bits per heavy atom. The zero-order valence-corrected chi connectivity index (χ0v) is 10.1. The number of hydrogen-bond acceptors (Lipinski definition) is 2. The molecule has 0 fully saturated rings. The first-order chi connectivity index (χ1) is 8.24. The molecule has 0 bridgehead atoms. The Morgan fingerprint density at radius 1 is 0.941 bits per heavy atom. The second kappa shape index (κ2) is 5.51. The summed E-state index contributed by atoms with van der Waals surface area (Å²) < 4.78 is 0. The first-order valence-corrected chi connectivity index (χ1v) is 5.85. The van der Waals surface area contributed by atoms with Gasteiger partial charge in [-0.1, -0.05) is 42.0 Å². The first-order valence-electron chi connectivity index (χ1n) is 5.85. The third-order valence-corrected chi connectivity index (χ3v) is 2.73. The molecule has 2 rings (SSSR count). The van der Waals surface area contributed by atoms with E-state index < -0.39 is 0 Å². The molecule has 0 aliphatic heterocycles. The molecule has 3 N–H and O–H groups in total. The van der Waals surface area contributed by atoms with Gasteiger partial charge in [-0.3, -0.25) is 0 Å². The summed E-state index contributed by atoms with van der Waals surface area (Å²) in [6.45, 7) is 3.83. The maximum absolute atomic E-state index is 5.73. The topological polar surface area (TPSA) is 38.0 Å². The highest BCUT2D eigenvalue weighted by Gasteiger charge is 1.95. The van der Waals surface area contributed by atoms with Crippen LogP contribution in [0.1, 0.15) is 16.7 Å². The van der Waals surface area contributed by atoms with Gasteiger partial charge >= 0.3 is 0 Å². The molecule has 0 aliphatic carbocycles. The molecule has 17 heavy (non-hydrogen) atoms. The highest BCUT2D eigenvalue weighted by atomic mass is 14.8. The SMILES string of the molecule is Cc1ccc(CNCc2cccc(N)c2)cc1. The summed E-state index contributed by atoms with van der Waals surface area (Å²) in [4.78, 5) is 0. The normalized spacial score (nSPS) is 10.4. The molecule has 0 spiro atoms. The molecule has 88 valence electrons. The van der Waals surface area contributed by atoms with Gasteiger partial charge in [-0.2, -0.15) is 0 Å². The van der Waals surface area contributed by atoms with E-state index in [9.17, 15) is 0 Å². The molecule has 0 atom stereocenters. The zero-order valence-electron chi connectivity index (χ0n) is 10.1. The maximum atomic E-state index is 5.73. The van der Waals surface area contributed by atoms with E-state index in [1.165, 1.54) is 16.7 Å². The van der Waals surface area contributed by atoms with Gasteiger partial charge in [-0.15, -0.1) is 0 Å².